The molecule has 2 aromatic carbocycles. The Morgan fingerprint density at radius 2 is 1.75 bits per heavy atom. The SMILES string of the molecule is CC1(C)CC(CC(=O)c2ccc(Oc3cccc(N4CCCC4)c3)c(Cl)c2)CC(C)(C)N1. The highest BCUT2D eigenvalue weighted by atomic mass is 35.5. The molecule has 172 valence electrons. The maximum atomic E-state index is 13.0. The van der Waals surface area contributed by atoms with Crippen LogP contribution in [0.2, 0.25) is 5.02 Å². The normalized spacial score (nSPS) is 20.3. The van der Waals surface area contributed by atoms with Gasteiger partial charge in [-0.05, 0) is 89.6 Å². The predicted octanol–water partition coefficient (Wildman–Crippen LogP) is 6.86. The lowest BCUT2D eigenvalue weighted by atomic mass is 9.74. The fourth-order valence-corrected chi connectivity index (χ4v) is 5.88. The first-order valence-electron chi connectivity index (χ1n) is 11.8. The van der Waals surface area contributed by atoms with Gasteiger partial charge in [0.2, 0.25) is 0 Å². The van der Waals surface area contributed by atoms with Crippen molar-refractivity contribution in [2.75, 3.05) is 18.0 Å². The predicted molar refractivity (Wildman–Crippen MR) is 132 cm³/mol. The molecule has 0 bridgehead atoms. The summed E-state index contributed by atoms with van der Waals surface area (Å²) in [6, 6.07) is 13.5. The summed E-state index contributed by atoms with van der Waals surface area (Å²) in [6.07, 6.45) is 5.00. The minimum Gasteiger partial charge on any atom is -0.456 e. The Morgan fingerprint density at radius 1 is 1.06 bits per heavy atom. The number of anilines is 1. The quantitative estimate of drug-likeness (QED) is 0.484. The van der Waals surface area contributed by atoms with E-state index in [0.29, 0.717) is 28.7 Å². The van der Waals surface area contributed by atoms with Crippen LogP contribution in [0.3, 0.4) is 0 Å². The monoisotopic (exact) mass is 454 g/mol. The number of nitrogens with one attached hydrogen (secondary N) is 1. The molecule has 5 heteroatoms. The molecule has 0 aromatic heterocycles. The lowest BCUT2D eigenvalue weighted by Gasteiger charge is -2.46. The number of ketones is 1. The second-order valence-electron chi connectivity index (χ2n) is 10.7. The topological polar surface area (TPSA) is 41.6 Å². The van der Waals surface area contributed by atoms with Gasteiger partial charge in [0.05, 0.1) is 5.02 Å². The third-order valence-corrected chi connectivity index (χ3v) is 6.81. The van der Waals surface area contributed by atoms with Gasteiger partial charge >= 0.3 is 0 Å². The zero-order valence-corrected chi connectivity index (χ0v) is 20.5. The van der Waals surface area contributed by atoms with Gasteiger partial charge in [0.15, 0.2) is 5.78 Å². The van der Waals surface area contributed by atoms with Crippen LogP contribution in [0.15, 0.2) is 42.5 Å². The maximum absolute atomic E-state index is 13.0. The van der Waals surface area contributed by atoms with Crippen molar-refractivity contribution in [1.29, 1.82) is 0 Å². The first kappa shape index (κ1) is 23.1. The second kappa shape index (κ2) is 9.07. The van der Waals surface area contributed by atoms with E-state index in [2.05, 4.69) is 50.0 Å². The number of halogens is 1. The number of rotatable bonds is 6. The second-order valence-corrected chi connectivity index (χ2v) is 11.1. The molecule has 0 amide bonds. The van der Waals surface area contributed by atoms with Gasteiger partial charge in [-0.1, -0.05) is 17.7 Å². The Hall–Kier alpha value is -2.04. The smallest absolute Gasteiger partial charge is 0.163 e. The molecule has 2 aromatic rings. The average Bonchev–Trinajstić information content (AvgIpc) is 3.22. The number of piperidine rings is 1. The van der Waals surface area contributed by atoms with Gasteiger partial charge in [-0.3, -0.25) is 4.79 Å². The van der Waals surface area contributed by atoms with E-state index in [-0.39, 0.29) is 16.9 Å². The van der Waals surface area contributed by atoms with Gasteiger partial charge < -0.3 is 15.0 Å². The largest absolute Gasteiger partial charge is 0.456 e. The maximum Gasteiger partial charge on any atom is 0.163 e. The lowest BCUT2D eigenvalue weighted by molar-refractivity contribution is 0.0864. The standard InChI is InChI=1S/C27H35ClN2O2/c1-26(2)17-19(18-27(3,4)29-26)14-24(31)20-10-11-25(23(28)15-20)32-22-9-7-8-21(16-22)30-12-5-6-13-30/h7-11,15-16,19,29H,5-6,12-14,17-18H2,1-4H3. The molecule has 2 aliphatic heterocycles. The summed E-state index contributed by atoms with van der Waals surface area (Å²) in [5.41, 5.74) is 1.90. The molecule has 0 aliphatic carbocycles. The van der Waals surface area contributed by atoms with Crippen LogP contribution >= 0.6 is 11.6 Å². The summed E-state index contributed by atoms with van der Waals surface area (Å²) in [5, 5.41) is 4.15. The summed E-state index contributed by atoms with van der Waals surface area (Å²) >= 11 is 6.53. The molecule has 0 radical (unpaired) electrons. The molecule has 1 N–H and O–H groups in total. The van der Waals surface area contributed by atoms with Crippen molar-refractivity contribution >= 4 is 23.1 Å². The van der Waals surface area contributed by atoms with Gasteiger partial charge in [-0.15, -0.1) is 0 Å². The zero-order chi connectivity index (χ0) is 22.9. The first-order valence-corrected chi connectivity index (χ1v) is 12.1. The van der Waals surface area contributed by atoms with Gasteiger partial charge in [0, 0.05) is 47.9 Å². The summed E-state index contributed by atoms with van der Waals surface area (Å²) in [7, 11) is 0. The number of ether oxygens (including phenoxy) is 1. The van der Waals surface area contributed by atoms with Crippen molar-refractivity contribution in [3.8, 4) is 11.5 Å². The van der Waals surface area contributed by atoms with Crippen molar-refractivity contribution in [3.63, 3.8) is 0 Å². The highest BCUT2D eigenvalue weighted by Gasteiger charge is 2.38. The van der Waals surface area contributed by atoms with Crippen LogP contribution < -0.4 is 15.0 Å². The summed E-state index contributed by atoms with van der Waals surface area (Å²) in [5.74, 6) is 1.84. The highest BCUT2D eigenvalue weighted by molar-refractivity contribution is 6.32. The van der Waals surface area contributed by atoms with Crippen LogP contribution in [-0.2, 0) is 0 Å². The van der Waals surface area contributed by atoms with Crippen molar-refractivity contribution in [3.05, 3.63) is 53.1 Å². The number of hydrogen-bond donors (Lipinski definition) is 1. The van der Waals surface area contributed by atoms with Crippen molar-refractivity contribution in [2.45, 2.75) is 70.9 Å². The molecular formula is C27H35ClN2O2. The van der Waals surface area contributed by atoms with E-state index in [1.54, 1.807) is 6.07 Å². The Kier molecular flexibility index (Phi) is 6.56. The van der Waals surface area contributed by atoms with Crippen molar-refractivity contribution in [2.24, 2.45) is 5.92 Å². The number of benzene rings is 2. The molecule has 0 saturated carbocycles. The molecule has 2 fully saturated rings. The van der Waals surface area contributed by atoms with Crippen LogP contribution in [0.1, 0.15) is 70.2 Å². The molecule has 0 unspecified atom stereocenters. The van der Waals surface area contributed by atoms with E-state index in [1.807, 2.05) is 24.3 Å². The first-order chi connectivity index (χ1) is 15.1. The fraction of sp³-hybridized carbons (Fsp3) is 0.519. The van der Waals surface area contributed by atoms with Crippen LogP contribution in [0, 0.1) is 5.92 Å². The Morgan fingerprint density at radius 3 is 2.41 bits per heavy atom. The number of carbonyl (C=O) groups excluding carboxylic acids is 1. The van der Waals surface area contributed by atoms with Crippen LogP contribution in [0.25, 0.3) is 0 Å². The van der Waals surface area contributed by atoms with E-state index in [4.69, 9.17) is 16.3 Å². The van der Waals surface area contributed by atoms with Gasteiger partial charge in [-0.2, -0.15) is 0 Å². The van der Waals surface area contributed by atoms with Crippen molar-refractivity contribution < 1.29 is 9.53 Å². The van der Waals surface area contributed by atoms with Crippen LogP contribution in [0.4, 0.5) is 5.69 Å². The average molecular weight is 455 g/mol. The van der Waals surface area contributed by atoms with E-state index < -0.39 is 0 Å². The minimum atomic E-state index is 0.0334. The van der Waals surface area contributed by atoms with Gasteiger partial charge in [0.1, 0.15) is 11.5 Å². The Bertz CT molecular complexity index is 963. The molecule has 0 atom stereocenters. The van der Waals surface area contributed by atoms with E-state index in [1.165, 1.54) is 18.5 Å². The third kappa shape index (κ3) is 5.65. The fourth-order valence-electron chi connectivity index (χ4n) is 5.66. The van der Waals surface area contributed by atoms with Crippen molar-refractivity contribution in [1.82, 2.24) is 5.32 Å². The molecule has 2 heterocycles. The van der Waals surface area contributed by atoms with Gasteiger partial charge in [0.25, 0.3) is 0 Å². The summed E-state index contributed by atoms with van der Waals surface area (Å²) in [6.45, 7) is 11.0. The third-order valence-electron chi connectivity index (χ3n) is 6.52. The van der Waals surface area contributed by atoms with Crippen LogP contribution in [-0.4, -0.2) is 30.0 Å². The molecule has 0 spiro atoms. The van der Waals surface area contributed by atoms with Crippen LogP contribution in [0.5, 0.6) is 11.5 Å². The minimum absolute atomic E-state index is 0.0334. The zero-order valence-electron chi connectivity index (χ0n) is 19.7. The summed E-state index contributed by atoms with van der Waals surface area (Å²) in [4.78, 5) is 15.4. The number of nitrogens with zero attached hydrogens (tertiary/aromatic N) is 1. The molecule has 2 aliphatic rings. The number of Topliss-reactive ketones (excluding diaryl/α,β-unsaturated/α-hetero) is 1. The molecule has 4 rings (SSSR count). The highest BCUT2D eigenvalue weighted by Crippen LogP contribution is 2.36. The number of carbonyl (C=O) groups is 1. The summed E-state index contributed by atoms with van der Waals surface area (Å²) < 4.78 is 6.07. The van der Waals surface area contributed by atoms with E-state index in [9.17, 15) is 4.79 Å². The lowest BCUT2D eigenvalue weighted by Crippen LogP contribution is -2.57. The van der Waals surface area contributed by atoms with E-state index >= 15 is 0 Å². The molecule has 2 saturated heterocycles. The van der Waals surface area contributed by atoms with E-state index in [0.717, 1.165) is 31.7 Å². The Labute approximate surface area is 197 Å². The Balaban J connectivity index is 1.43. The molecule has 32 heavy (non-hydrogen) atoms. The molecular weight excluding hydrogens is 420 g/mol. The molecule has 4 nitrogen and oxygen atoms in total. The van der Waals surface area contributed by atoms with Gasteiger partial charge in [-0.25, -0.2) is 0 Å². The number of hydrogen-bond acceptors (Lipinski definition) is 4.